The van der Waals surface area contributed by atoms with Crippen LogP contribution in [0.3, 0.4) is 0 Å². The summed E-state index contributed by atoms with van der Waals surface area (Å²) in [6, 6.07) is 0.190. The molecule has 0 radical (unpaired) electrons. The predicted octanol–water partition coefficient (Wildman–Crippen LogP) is 0.282. The highest BCUT2D eigenvalue weighted by Crippen LogP contribution is 2.11. The summed E-state index contributed by atoms with van der Waals surface area (Å²) >= 11 is 0. The van der Waals surface area contributed by atoms with Gasteiger partial charge in [-0.1, -0.05) is 13.8 Å². The summed E-state index contributed by atoms with van der Waals surface area (Å²) in [5.41, 5.74) is 5.41. The molecule has 0 aromatic carbocycles. The highest BCUT2D eigenvalue weighted by molar-refractivity contribution is 4.77. The Labute approximate surface area is 75.6 Å². The van der Waals surface area contributed by atoms with E-state index in [1.165, 1.54) is 0 Å². The topological polar surface area (TPSA) is 49.5 Å². The maximum absolute atomic E-state index is 9.57. The van der Waals surface area contributed by atoms with E-state index in [0.29, 0.717) is 12.5 Å². The molecule has 2 unspecified atom stereocenters. The van der Waals surface area contributed by atoms with E-state index in [1.54, 1.807) is 0 Å². The summed E-state index contributed by atoms with van der Waals surface area (Å²) < 4.78 is 0. The van der Waals surface area contributed by atoms with Crippen LogP contribution >= 0.6 is 0 Å². The number of aliphatic hydroxyl groups excluding tert-OH is 1. The zero-order chi connectivity index (χ0) is 9.72. The van der Waals surface area contributed by atoms with Crippen LogP contribution in [-0.2, 0) is 0 Å². The van der Waals surface area contributed by atoms with Crippen molar-refractivity contribution in [1.29, 1.82) is 0 Å². The van der Waals surface area contributed by atoms with Gasteiger partial charge < -0.3 is 15.7 Å². The summed E-state index contributed by atoms with van der Waals surface area (Å²) in [6.07, 6.45) is 0.591. The summed E-state index contributed by atoms with van der Waals surface area (Å²) in [5, 5.41) is 9.57. The van der Waals surface area contributed by atoms with Gasteiger partial charge in [-0.25, -0.2) is 0 Å². The Balaban J connectivity index is 4.03. The molecule has 3 heteroatoms. The minimum Gasteiger partial charge on any atom is -0.390 e. The van der Waals surface area contributed by atoms with E-state index < -0.39 is 6.10 Å². The average Bonchev–Trinajstić information content (AvgIpc) is 1.98. The first-order valence-corrected chi connectivity index (χ1v) is 4.53. The molecular formula is C9H22N2O. The molecule has 0 amide bonds. The molecule has 0 aromatic rings. The van der Waals surface area contributed by atoms with E-state index in [2.05, 4.69) is 13.8 Å². The van der Waals surface area contributed by atoms with Gasteiger partial charge in [0.05, 0.1) is 6.10 Å². The molecular weight excluding hydrogens is 152 g/mol. The van der Waals surface area contributed by atoms with Gasteiger partial charge in [-0.05, 0) is 26.4 Å². The van der Waals surface area contributed by atoms with Gasteiger partial charge in [0.1, 0.15) is 0 Å². The van der Waals surface area contributed by atoms with E-state index in [9.17, 15) is 5.11 Å². The molecule has 0 saturated heterocycles. The van der Waals surface area contributed by atoms with Crippen LogP contribution in [0.5, 0.6) is 0 Å². The Morgan fingerprint density at radius 3 is 2.08 bits per heavy atom. The molecule has 74 valence electrons. The summed E-state index contributed by atoms with van der Waals surface area (Å²) in [7, 11) is 3.96. The smallest absolute Gasteiger partial charge is 0.0817 e. The van der Waals surface area contributed by atoms with Crippen molar-refractivity contribution in [2.75, 3.05) is 20.6 Å². The predicted molar refractivity (Wildman–Crippen MR) is 52.0 cm³/mol. The van der Waals surface area contributed by atoms with Crippen molar-refractivity contribution in [3.05, 3.63) is 0 Å². The molecule has 2 atom stereocenters. The van der Waals surface area contributed by atoms with Crippen LogP contribution in [0.4, 0.5) is 0 Å². The Hall–Kier alpha value is -0.120. The fourth-order valence-corrected chi connectivity index (χ4v) is 1.35. The Kier molecular flexibility index (Phi) is 5.46. The van der Waals surface area contributed by atoms with E-state index in [1.807, 2.05) is 19.0 Å². The second-order valence-corrected chi connectivity index (χ2v) is 3.96. The first-order valence-electron chi connectivity index (χ1n) is 4.53. The monoisotopic (exact) mass is 174 g/mol. The second-order valence-electron chi connectivity index (χ2n) is 3.96. The normalized spacial score (nSPS) is 17.0. The fourth-order valence-electron chi connectivity index (χ4n) is 1.35. The molecule has 12 heavy (non-hydrogen) atoms. The number of likely N-dealkylation sites (N-methyl/N-ethyl adjacent to an activating group) is 1. The van der Waals surface area contributed by atoms with Gasteiger partial charge in [-0.15, -0.1) is 0 Å². The number of aliphatic hydroxyl groups is 1. The lowest BCUT2D eigenvalue weighted by Crippen LogP contribution is -2.43. The van der Waals surface area contributed by atoms with Crippen molar-refractivity contribution in [3.8, 4) is 0 Å². The van der Waals surface area contributed by atoms with E-state index >= 15 is 0 Å². The van der Waals surface area contributed by atoms with E-state index in [4.69, 9.17) is 5.73 Å². The minimum absolute atomic E-state index is 0.190. The van der Waals surface area contributed by atoms with Crippen LogP contribution in [0.25, 0.3) is 0 Å². The zero-order valence-corrected chi connectivity index (χ0v) is 8.62. The molecule has 0 aliphatic rings. The van der Waals surface area contributed by atoms with Gasteiger partial charge in [0.15, 0.2) is 0 Å². The van der Waals surface area contributed by atoms with Gasteiger partial charge in [0, 0.05) is 12.6 Å². The summed E-state index contributed by atoms with van der Waals surface area (Å²) in [6.45, 7) is 4.65. The number of hydrogen-bond donors (Lipinski definition) is 2. The molecule has 0 aliphatic heterocycles. The first-order chi connectivity index (χ1) is 5.49. The van der Waals surface area contributed by atoms with Gasteiger partial charge in [0.25, 0.3) is 0 Å². The van der Waals surface area contributed by atoms with Crippen molar-refractivity contribution in [3.63, 3.8) is 0 Å². The first kappa shape index (κ1) is 11.9. The Morgan fingerprint density at radius 1 is 1.33 bits per heavy atom. The van der Waals surface area contributed by atoms with E-state index in [-0.39, 0.29) is 6.04 Å². The lowest BCUT2D eigenvalue weighted by Gasteiger charge is -2.29. The average molecular weight is 174 g/mol. The third kappa shape index (κ3) is 4.04. The SMILES string of the molecule is CC(C)CC(C(O)CN)N(C)C. The van der Waals surface area contributed by atoms with Crippen LogP contribution in [-0.4, -0.2) is 42.8 Å². The van der Waals surface area contributed by atoms with Crippen molar-refractivity contribution in [2.45, 2.75) is 32.4 Å². The number of hydrogen-bond acceptors (Lipinski definition) is 3. The molecule has 0 spiro atoms. The Bertz CT molecular complexity index is 115. The molecule has 0 saturated carbocycles. The fraction of sp³-hybridized carbons (Fsp3) is 1.00. The molecule has 0 aliphatic carbocycles. The Morgan fingerprint density at radius 2 is 1.83 bits per heavy atom. The molecule has 0 bridgehead atoms. The molecule has 0 rings (SSSR count). The quantitative estimate of drug-likeness (QED) is 0.629. The van der Waals surface area contributed by atoms with Gasteiger partial charge in [-0.3, -0.25) is 0 Å². The number of nitrogens with zero attached hydrogens (tertiary/aromatic N) is 1. The third-order valence-electron chi connectivity index (χ3n) is 2.06. The maximum Gasteiger partial charge on any atom is 0.0817 e. The highest BCUT2D eigenvalue weighted by Gasteiger charge is 2.20. The third-order valence-corrected chi connectivity index (χ3v) is 2.06. The number of rotatable bonds is 5. The zero-order valence-electron chi connectivity index (χ0n) is 8.62. The minimum atomic E-state index is -0.401. The second kappa shape index (κ2) is 5.51. The lowest BCUT2D eigenvalue weighted by atomic mass is 9.98. The van der Waals surface area contributed by atoms with Crippen molar-refractivity contribution in [1.82, 2.24) is 4.90 Å². The van der Waals surface area contributed by atoms with Crippen LogP contribution < -0.4 is 5.73 Å². The lowest BCUT2D eigenvalue weighted by molar-refractivity contribution is 0.0701. The maximum atomic E-state index is 9.57. The molecule has 0 heterocycles. The summed E-state index contributed by atoms with van der Waals surface area (Å²) in [5.74, 6) is 0.596. The van der Waals surface area contributed by atoms with Crippen molar-refractivity contribution in [2.24, 2.45) is 11.7 Å². The van der Waals surface area contributed by atoms with Gasteiger partial charge in [-0.2, -0.15) is 0 Å². The van der Waals surface area contributed by atoms with Crippen molar-refractivity contribution < 1.29 is 5.11 Å². The number of nitrogens with two attached hydrogens (primary N) is 1. The van der Waals surface area contributed by atoms with Gasteiger partial charge in [0.2, 0.25) is 0 Å². The molecule has 0 aromatic heterocycles. The molecule has 0 fully saturated rings. The van der Waals surface area contributed by atoms with Crippen LogP contribution in [0, 0.1) is 5.92 Å². The summed E-state index contributed by atoms with van der Waals surface area (Å²) in [4.78, 5) is 2.04. The van der Waals surface area contributed by atoms with Crippen LogP contribution in [0.15, 0.2) is 0 Å². The molecule has 3 nitrogen and oxygen atoms in total. The van der Waals surface area contributed by atoms with Crippen LogP contribution in [0.2, 0.25) is 0 Å². The largest absolute Gasteiger partial charge is 0.390 e. The highest BCUT2D eigenvalue weighted by atomic mass is 16.3. The standard InChI is InChI=1S/C9H22N2O/c1-7(2)5-8(11(3)4)9(12)6-10/h7-9,12H,5-6,10H2,1-4H3. The van der Waals surface area contributed by atoms with Gasteiger partial charge >= 0.3 is 0 Å². The van der Waals surface area contributed by atoms with Crippen molar-refractivity contribution >= 4 is 0 Å². The van der Waals surface area contributed by atoms with E-state index in [0.717, 1.165) is 6.42 Å². The van der Waals surface area contributed by atoms with Crippen LogP contribution in [0.1, 0.15) is 20.3 Å². The molecule has 3 N–H and O–H groups in total.